The first-order valence-corrected chi connectivity index (χ1v) is 7.33. The third kappa shape index (κ3) is 3.29. The molecule has 0 aliphatic heterocycles. The van der Waals surface area contributed by atoms with Crippen LogP contribution in [0.15, 0.2) is 41.6 Å². The Morgan fingerprint density at radius 1 is 1.29 bits per heavy atom. The third-order valence-corrected chi connectivity index (χ3v) is 4.03. The molecule has 0 saturated carbocycles. The van der Waals surface area contributed by atoms with Crippen LogP contribution in [0.1, 0.15) is 10.4 Å². The maximum atomic E-state index is 13.7. The van der Waals surface area contributed by atoms with Gasteiger partial charge in [-0.15, -0.1) is 0 Å². The lowest BCUT2D eigenvalue weighted by molar-refractivity contribution is 0.0696. The van der Waals surface area contributed by atoms with Gasteiger partial charge in [0.2, 0.25) is 0 Å². The van der Waals surface area contributed by atoms with Crippen LogP contribution in [0.2, 0.25) is 5.02 Å². The summed E-state index contributed by atoms with van der Waals surface area (Å²) in [6.07, 6.45) is 0.894. The highest BCUT2D eigenvalue weighted by Crippen LogP contribution is 2.24. The van der Waals surface area contributed by atoms with E-state index in [-0.39, 0.29) is 16.3 Å². The topological polar surface area (TPSA) is 96.4 Å². The van der Waals surface area contributed by atoms with Gasteiger partial charge in [-0.2, -0.15) is 8.42 Å². The number of benzene rings is 1. The third-order valence-electron chi connectivity index (χ3n) is 2.45. The molecule has 6 nitrogen and oxygen atoms in total. The Balaban J connectivity index is 2.34. The second kappa shape index (κ2) is 5.66. The van der Waals surface area contributed by atoms with Gasteiger partial charge in [0.1, 0.15) is 0 Å². The highest BCUT2D eigenvalue weighted by Gasteiger charge is 2.19. The molecule has 0 unspecified atom stereocenters. The van der Waals surface area contributed by atoms with Crippen LogP contribution < -0.4 is 4.72 Å². The predicted octanol–water partition coefficient (Wildman–Crippen LogP) is 2.37. The van der Waals surface area contributed by atoms with Crippen molar-refractivity contribution in [3.63, 3.8) is 0 Å². The highest BCUT2D eigenvalue weighted by atomic mass is 35.5. The van der Waals surface area contributed by atoms with Gasteiger partial charge in [-0.05, 0) is 24.3 Å². The highest BCUT2D eigenvalue weighted by molar-refractivity contribution is 7.92. The summed E-state index contributed by atoms with van der Waals surface area (Å²) in [6, 6.07) is 5.94. The molecule has 0 bridgehead atoms. The van der Waals surface area contributed by atoms with Crippen molar-refractivity contribution in [3.05, 3.63) is 52.9 Å². The molecule has 0 spiro atoms. The standard InChI is InChI=1S/C12H8ClFN2O4S/c13-8-2-1-3-9(11(8)14)16-21(19,20)10-5-4-7(6-15-10)12(17)18/h1-6,16H,(H,17,18). The van der Waals surface area contributed by atoms with Gasteiger partial charge in [0.05, 0.1) is 16.3 Å². The van der Waals surface area contributed by atoms with Gasteiger partial charge in [0.25, 0.3) is 10.0 Å². The number of nitrogens with one attached hydrogen (secondary N) is 1. The molecule has 9 heteroatoms. The maximum Gasteiger partial charge on any atom is 0.337 e. The van der Waals surface area contributed by atoms with Crippen molar-refractivity contribution >= 4 is 33.3 Å². The molecule has 0 aliphatic carbocycles. The van der Waals surface area contributed by atoms with Gasteiger partial charge in [-0.25, -0.2) is 14.2 Å². The van der Waals surface area contributed by atoms with Crippen LogP contribution in [0.3, 0.4) is 0 Å². The minimum atomic E-state index is -4.15. The van der Waals surface area contributed by atoms with Gasteiger partial charge < -0.3 is 5.11 Å². The van der Waals surface area contributed by atoms with Crippen molar-refractivity contribution < 1.29 is 22.7 Å². The molecule has 0 aliphatic rings. The number of carbonyl (C=O) groups is 1. The van der Waals surface area contributed by atoms with Crippen molar-refractivity contribution in [2.75, 3.05) is 4.72 Å². The normalized spacial score (nSPS) is 11.1. The number of halogens is 2. The molecule has 21 heavy (non-hydrogen) atoms. The minimum Gasteiger partial charge on any atom is -0.478 e. The first kappa shape index (κ1) is 15.2. The Labute approximate surface area is 124 Å². The van der Waals surface area contributed by atoms with Crippen LogP contribution in [0.25, 0.3) is 0 Å². The van der Waals surface area contributed by atoms with E-state index in [1.807, 2.05) is 4.72 Å². The molecule has 110 valence electrons. The molecule has 0 atom stereocenters. The molecule has 0 radical (unpaired) electrons. The zero-order valence-electron chi connectivity index (χ0n) is 10.2. The number of aromatic nitrogens is 1. The molecule has 1 aromatic carbocycles. The minimum absolute atomic E-state index is 0.164. The number of hydrogen-bond donors (Lipinski definition) is 2. The fourth-order valence-electron chi connectivity index (χ4n) is 1.45. The summed E-state index contributed by atoms with van der Waals surface area (Å²) in [5.74, 6) is -2.15. The summed E-state index contributed by atoms with van der Waals surface area (Å²) in [6.45, 7) is 0. The van der Waals surface area contributed by atoms with Gasteiger partial charge in [-0.1, -0.05) is 17.7 Å². The van der Waals surface area contributed by atoms with E-state index in [2.05, 4.69) is 4.98 Å². The molecule has 2 aromatic rings. The van der Waals surface area contributed by atoms with E-state index in [0.717, 1.165) is 18.3 Å². The van der Waals surface area contributed by atoms with Gasteiger partial charge in [-0.3, -0.25) is 4.72 Å². The SMILES string of the molecule is O=C(O)c1ccc(S(=O)(=O)Nc2cccc(Cl)c2F)nc1. The van der Waals surface area contributed by atoms with Crippen LogP contribution in [-0.4, -0.2) is 24.5 Å². The lowest BCUT2D eigenvalue weighted by Gasteiger charge is -2.09. The quantitative estimate of drug-likeness (QED) is 0.897. The Hall–Kier alpha value is -2.19. The molecule has 0 saturated heterocycles. The molecule has 0 fully saturated rings. The summed E-state index contributed by atoms with van der Waals surface area (Å²) in [5, 5.41) is 8.04. The Morgan fingerprint density at radius 3 is 2.57 bits per heavy atom. The monoisotopic (exact) mass is 330 g/mol. The van der Waals surface area contributed by atoms with Crippen LogP contribution in [0, 0.1) is 5.82 Å². The van der Waals surface area contributed by atoms with E-state index in [0.29, 0.717) is 0 Å². The number of anilines is 1. The molecular weight excluding hydrogens is 323 g/mol. The number of hydrogen-bond acceptors (Lipinski definition) is 4. The van der Waals surface area contributed by atoms with E-state index < -0.39 is 26.8 Å². The van der Waals surface area contributed by atoms with Gasteiger partial charge in [0, 0.05) is 6.20 Å². The lowest BCUT2D eigenvalue weighted by Crippen LogP contribution is -2.15. The number of carboxylic acid groups (broad SMARTS) is 1. The van der Waals surface area contributed by atoms with E-state index in [9.17, 15) is 17.6 Å². The van der Waals surface area contributed by atoms with Crippen LogP contribution >= 0.6 is 11.6 Å². The zero-order chi connectivity index (χ0) is 15.6. The molecule has 0 amide bonds. The fourth-order valence-corrected chi connectivity index (χ4v) is 2.61. The van der Waals surface area contributed by atoms with Crippen LogP contribution in [0.5, 0.6) is 0 Å². The average Bonchev–Trinajstić information content (AvgIpc) is 2.44. The first-order valence-electron chi connectivity index (χ1n) is 5.47. The van der Waals surface area contributed by atoms with Crippen molar-refractivity contribution in [2.24, 2.45) is 0 Å². The summed E-state index contributed by atoms with van der Waals surface area (Å²) < 4.78 is 39.7. The van der Waals surface area contributed by atoms with E-state index >= 15 is 0 Å². The molecular formula is C12H8ClFN2O4S. The Kier molecular flexibility index (Phi) is 4.10. The first-order chi connectivity index (χ1) is 9.81. The smallest absolute Gasteiger partial charge is 0.337 e. The van der Waals surface area contributed by atoms with E-state index in [1.165, 1.54) is 18.2 Å². The lowest BCUT2D eigenvalue weighted by atomic mass is 10.3. The van der Waals surface area contributed by atoms with Crippen LogP contribution in [0.4, 0.5) is 10.1 Å². The summed E-state index contributed by atoms with van der Waals surface area (Å²) in [5.41, 5.74) is -0.491. The number of pyridine rings is 1. The molecule has 2 rings (SSSR count). The largest absolute Gasteiger partial charge is 0.478 e. The van der Waals surface area contributed by atoms with Gasteiger partial charge >= 0.3 is 5.97 Å². The van der Waals surface area contributed by atoms with Gasteiger partial charge in [0.15, 0.2) is 10.8 Å². The fraction of sp³-hybridized carbons (Fsp3) is 0. The summed E-state index contributed by atoms with van der Waals surface area (Å²) >= 11 is 5.55. The zero-order valence-corrected chi connectivity index (χ0v) is 11.8. The second-order valence-corrected chi connectivity index (χ2v) is 5.93. The Bertz CT molecular complexity index is 793. The number of sulfonamides is 1. The predicted molar refractivity (Wildman–Crippen MR) is 73.4 cm³/mol. The second-order valence-electron chi connectivity index (χ2n) is 3.90. The average molecular weight is 331 g/mol. The van der Waals surface area contributed by atoms with Crippen molar-refractivity contribution in [1.82, 2.24) is 4.98 Å². The number of carboxylic acids is 1. The molecule has 2 N–H and O–H groups in total. The number of nitrogens with zero attached hydrogens (tertiary/aromatic N) is 1. The van der Waals surface area contributed by atoms with E-state index in [4.69, 9.17) is 16.7 Å². The molecule has 1 heterocycles. The Morgan fingerprint density at radius 2 is 2.00 bits per heavy atom. The maximum absolute atomic E-state index is 13.7. The van der Waals surface area contributed by atoms with Crippen molar-refractivity contribution in [1.29, 1.82) is 0 Å². The number of aromatic carboxylic acids is 1. The summed E-state index contributed by atoms with van der Waals surface area (Å²) in [4.78, 5) is 14.2. The van der Waals surface area contributed by atoms with E-state index in [1.54, 1.807) is 0 Å². The summed E-state index contributed by atoms with van der Waals surface area (Å²) in [7, 11) is -4.15. The van der Waals surface area contributed by atoms with Crippen molar-refractivity contribution in [2.45, 2.75) is 5.03 Å². The number of rotatable bonds is 4. The molecule has 1 aromatic heterocycles. The van der Waals surface area contributed by atoms with Crippen LogP contribution in [-0.2, 0) is 10.0 Å². The van der Waals surface area contributed by atoms with Crippen molar-refractivity contribution in [3.8, 4) is 0 Å².